The van der Waals surface area contributed by atoms with Crippen LogP contribution in [0.15, 0.2) is 48.7 Å². The number of nitrogens with zero attached hydrogens (tertiary/aromatic N) is 2. The summed E-state index contributed by atoms with van der Waals surface area (Å²) in [6.07, 6.45) is 2.28. The number of carbonyl (C=O) groups is 2. The van der Waals surface area contributed by atoms with E-state index in [0.717, 1.165) is 24.0 Å². The van der Waals surface area contributed by atoms with Gasteiger partial charge in [-0.05, 0) is 45.2 Å². The van der Waals surface area contributed by atoms with E-state index in [-0.39, 0.29) is 18.7 Å². The molecule has 2 heterocycles. The Balaban J connectivity index is 1.70. The zero-order valence-corrected chi connectivity index (χ0v) is 17.1. The second kappa shape index (κ2) is 8.94. The second-order valence-electron chi connectivity index (χ2n) is 7.96. The molecule has 1 saturated heterocycles. The molecule has 1 aromatic heterocycles. The Hall–Kier alpha value is -3.09. The van der Waals surface area contributed by atoms with Crippen molar-refractivity contribution in [2.75, 3.05) is 11.9 Å². The molecule has 1 aliphatic rings. The van der Waals surface area contributed by atoms with Crippen LogP contribution in [0.1, 0.15) is 50.8 Å². The van der Waals surface area contributed by atoms with Crippen LogP contribution in [0.2, 0.25) is 0 Å². The SMILES string of the molecule is CC(C)(C)OC(=O)Nc1ncccc1[C@@H]1CCCN1C(=O)OCc1ccccc1. The van der Waals surface area contributed by atoms with Crippen LogP contribution in [-0.4, -0.2) is 34.2 Å². The van der Waals surface area contributed by atoms with E-state index in [1.165, 1.54) is 0 Å². The van der Waals surface area contributed by atoms with Crippen LogP contribution in [-0.2, 0) is 16.1 Å². The molecule has 1 atom stereocenters. The van der Waals surface area contributed by atoms with E-state index in [1.54, 1.807) is 37.9 Å². The van der Waals surface area contributed by atoms with Crippen molar-refractivity contribution in [3.05, 3.63) is 59.8 Å². The number of nitrogens with one attached hydrogen (secondary N) is 1. The van der Waals surface area contributed by atoms with Gasteiger partial charge in [-0.3, -0.25) is 5.32 Å². The van der Waals surface area contributed by atoms with E-state index in [0.29, 0.717) is 12.4 Å². The summed E-state index contributed by atoms with van der Waals surface area (Å²) in [5.74, 6) is 0.398. The summed E-state index contributed by atoms with van der Waals surface area (Å²) >= 11 is 0. The lowest BCUT2D eigenvalue weighted by Crippen LogP contribution is -2.32. The van der Waals surface area contributed by atoms with Crippen molar-refractivity contribution in [2.24, 2.45) is 0 Å². The number of hydrogen-bond acceptors (Lipinski definition) is 5. The number of pyridine rings is 1. The summed E-state index contributed by atoms with van der Waals surface area (Å²) in [6.45, 7) is 6.21. The molecule has 1 aliphatic heterocycles. The number of ether oxygens (including phenoxy) is 2. The van der Waals surface area contributed by atoms with E-state index >= 15 is 0 Å². The number of aromatic nitrogens is 1. The molecular weight excluding hydrogens is 370 g/mol. The van der Waals surface area contributed by atoms with Crippen LogP contribution in [0.4, 0.5) is 15.4 Å². The van der Waals surface area contributed by atoms with Crippen molar-refractivity contribution >= 4 is 18.0 Å². The van der Waals surface area contributed by atoms with Crippen molar-refractivity contribution in [1.29, 1.82) is 0 Å². The molecule has 2 aromatic rings. The fraction of sp³-hybridized carbons (Fsp3) is 0.409. The Kier molecular flexibility index (Phi) is 6.36. The van der Waals surface area contributed by atoms with Gasteiger partial charge in [0, 0.05) is 18.3 Å². The summed E-state index contributed by atoms with van der Waals surface area (Å²) in [4.78, 5) is 30.9. The molecule has 1 fully saturated rings. The maximum absolute atomic E-state index is 12.7. The predicted octanol–water partition coefficient (Wildman–Crippen LogP) is 4.90. The number of rotatable bonds is 4. The number of carbonyl (C=O) groups excluding carboxylic acids is 2. The van der Waals surface area contributed by atoms with Crippen LogP contribution in [0.5, 0.6) is 0 Å². The lowest BCUT2D eigenvalue weighted by atomic mass is 10.1. The summed E-state index contributed by atoms with van der Waals surface area (Å²) in [5.41, 5.74) is 1.09. The minimum atomic E-state index is -0.611. The van der Waals surface area contributed by atoms with E-state index < -0.39 is 11.7 Å². The van der Waals surface area contributed by atoms with Gasteiger partial charge in [-0.15, -0.1) is 0 Å². The quantitative estimate of drug-likeness (QED) is 0.793. The number of anilines is 1. The number of hydrogen-bond donors (Lipinski definition) is 1. The molecule has 0 saturated carbocycles. The molecule has 0 spiro atoms. The Morgan fingerprint density at radius 1 is 1.17 bits per heavy atom. The maximum Gasteiger partial charge on any atom is 0.413 e. The second-order valence-corrected chi connectivity index (χ2v) is 7.96. The van der Waals surface area contributed by atoms with Gasteiger partial charge in [0.1, 0.15) is 18.0 Å². The normalized spacial score (nSPS) is 16.4. The smallest absolute Gasteiger partial charge is 0.413 e. The van der Waals surface area contributed by atoms with Gasteiger partial charge in [-0.2, -0.15) is 0 Å². The lowest BCUT2D eigenvalue weighted by molar-refractivity contribution is 0.0635. The maximum atomic E-state index is 12.7. The van der Waals surface area contributed by atoms with Crippen LogP contribution in [0, 0.1) is 0 Å². The minimum absolute atomic E-state index is 0.211. The Labute approximate surface area is 171 Å². The third-order valence-corrected chi connectivity index (χ3v) is 4.51. The average molecular weight is 397 g/mol. The highest BCUT2D eigenvalue weighted by molar-refractivity contribution is 5.84. The molecular formula is C22H27N3O4. The largest absolute Gasteiger partial charge is 0.445 e. The molecule has 154 valence electrons. The van der Waals surface area contributed by atoms with Gasteiger partial charge in [-0.25, -0.2) is 14.6 Å². The van der Waals surface area contributed by atoms with Gasteiger partial charge in [-0.1, -0.05) is 36.4 Å². The van der Waals surface area contributed by atoms with E-state index in [4.69, 9.17) is 9.47 Å². The van der Waals surface area contributed by atoms with Crippen molar-refractivity contribution in [1.82, 2.24) is 9.88 Å². The summed E-state index contributed by atoms with van der Waals surface area (Å²) in [5, 5.41) is 2.71. The molecule has 0 radical (unpaired) electrons. The fourth-order valence-electron chi connectivity index (χ4n) is 3.30. The zero-order valence-electron chi connectivity index (χ0n) is 17.1. The third kappa shape index (κ3) is 5.70. The number of benzene rings is 1. The highest BCUT2D eigenvalue weighted by Gasteiger charge is 2.33. The van der Waals surface area contributed by atoms with Crippen molar-refractivity contribution in [3.63, 3.8) is 0 Å². The predicted molar refractivity (Wildman–Crippen MR) is 109 cm³/mol. The molecule has 0 bridgehead atoms. The van der Waals surface area contributed by atoms with Gasteiger partial charge in [0.05, 0.1) is 6.04 Å². The lowest BCUT2D eigenvalue weighted by Gasteiger charge is -2.26. The Morgan fingerprint density at radius 2 is 1.93 bits per heavy atom. The molecule has 2 amide bonds. The van der Waals surface area contributed by atoms with E-state index in [2.05, 4.69) is 10.3 Å². The van der Waals surface area contributed by atoms with Crippen molar-refractivity contribution in [2.45, 2.75) is 51.9 Å². The van der Waals surface area contributed by atoms with Gasteiger partial charge in [0.15, 0.2) is 0 Å². The van der Waals surface area contributed by atoms with Gasteiger partial charge < -0.3 is 14.4 Å². The van der Waals surface area contributed by atoms with Crippen LogP contribution in [0.25, 0.3) is 0 Å². The molecule has 29 heavy (non-hydrogen) atoms. The summed E-state index contributed by atoms with van der Waals surface area (Å²) < 4.78 is 10.8. The van der Waals surface area contributed by atoms with E-state index in [1.807, 2.05) is 36.4 Å². The molecule has 7 heteroatoms. The highest BCUT2D eigenvalue weighted by atomic mass is 16.6. The first-order valence-electron chi connectivity index (χ1n) is 9.76. The Bertz CT molecular complexity index is 849. The first-order valence-corrected chi connectivity index (χ1v) is 9.76. The molecule has 7 nitrogen and oxygen atoms in total. The van der Waals surface area contributed by atoms with Crippen LogP contribution >= 0.6 is 0 Å². The first kappa shape index (κ1) is 20.6. The Morgan fingerprint density at radius 3 is 2.66 bits per heavy atom. The standard InChI is InChI=1S/C22H27N3O4/c1-22(2,3)29-20(26)24-19-17(11-7-13-23-19)18-12-8-14-25(18)21(27)28-15-16-9-5-4-6-10-16/h4-7,9-11,13,18H,8,12,14-15H2,1-3H3,(H,23,24,26)/t18-/m0/s1. The number of amides is 2. The summed E-state index contributed by atoms with van der Waals surface area (Å²) in [7, 11) is 0. The highest BCUT2D eigenvalue weighted by Crippen LogP contribution is 2.35. The van der Waals surface area contributed by atoms with Gasteiger partial charge in [0.25, 0.3) is 0 Å². The molecule has 1 aromatic carbocycles. The van der Waals surface area contributed by atoms with Crippen LogP contribution < -0.4 is 5.32 Å². The zero-order chi connectivity index (χ0) is 20.9. The van der Waals surface area contributed by atoms with E-state index in [9.17, 15) is 9.59 Å². The first-order chi connectivity index (χ1) is 13.8. The summed E-state index contributed by atoms with van der Waals surface area (Å²) in [6, 6.07) is 13.0. The third-order valence-electron chi connectivity index (χ3n) is 4.51. The monoisotopic (exact) mass is 397 g/mol. The van der Waals surface area contributed by atoms with Gasteiger partial charge in [0.2, 0.25) is 0 Å². The van der Waals surface area contributed by atoms with Crippen LogP contribution in [0.3, 0.4) is 0 Å². The van der Waals surface area contributed by atoms with Crippen molar-refractivity contribution in [3.8, 4) is 0 Å². The average Bonchev–Trinajstić information content (AvgIpc) is 3.15. The molecule has 3 rings (SSSR count). The van der Waals surface area contributed by atoms with Gasteiger partial charge >= 0.3 is 12.2 Å². The minimum Gasteiger partial charge on any atom is -0.445 e. The molecule has 1 N–H and O–H groups in total. The van der Waals surface area contributed by atoms with Crippen molar-refractivity contribution < 1.29 is 19.1 Å². The fourth-order valence-corrected chi connectivity index (χ4v) is 3.30. The molecule has 0 unspecified atom stereocenters. The number of likely N-dealkylation sites (tertiary alicyclic amines) is 1. The topological polar surface area (TPSA) is 80.8 Å². The molecule has 0 aliphatic carbocycles.